The summed E-state index contributed by atoms with van der Waals surface area (Å²) in [5.74, 6) is -0.467. The fraction of sp³-hybridized carbons (Fsp3) is 0.154. The first kappa shape index (κ1) is 14.3. The summed E-state index contributed by atoms with van der Waals surface area (Å²) in [6, 6.07) is 5.70. The summed E-state index contributed by atoms with van der Waals surface area (Å²) in [7, 11) is -2.22. The van der Waals surface area contributed by atoms with Gasteiger partial charge in [-0.05, 0) is 30.7 Å². The third-order valence-corrected chi connectivity index (χ3v) is 4.18. The number of hydrogen-bond acceptors (Lipinski definition) is 4. The fourth-order valence-electron chi connectivity index (χ4n) is 1.67. The third kappa shape index (κ3) is 2.88. The number of rotatable bonds is 4. The molecule has 0 radical (unpaired) electrons. The molecule has 0 saturated carbocycles. The lowest BCUT2D eigenvalue weighted by Crippen LogP contribution is -2.15. The molecule has 0 saturated heterocycles. The van der Waals surface area contributed by atoms with Crippen LogP contribution in [0.4, 0.5) is 15.8 Å². The second kappa shape index (κ2) is 5.46. The third-order valence-electron chi connectivity index (χ3n) is 2.77. The van der Waals surface area contributed by atoms with Crippen LogP contribution < -0.4 is 10.0 Å². The normalized spacial score (nSPS) is 11.2. The van der Waals surface area contributed by atoms with Crippen LogP contribution in [0.15, 0.2) is 41.6 Å². The maximum Gasteiger partial charge on any atom is 0.265 e. The molecule has 5 nitrogen and oxygen atoms in total. The van der Waals surface area contributed by atoms with E-state index in [4.69, 9.17) is 0 Å². The highest BCUT2D eigenvalue weighted by molar-refractivity contribution is 7.92. The van der Waals surface area contributed by atoms with E-state index in [1.807, 2.05) is 0 Å². The van der Waals surface area contributed by atoms with Crippen LogP contribution in [-0.2, 0) is 10.0 Å². The fourth-order valence-corrected chi connectivity index (χ4v) is 2.87. The molecule has 1 heterocycles. The molecule has 2 rings (SSSR count). The number of benzene rings is 1. The quantitative estimate of drug-likeness (QED) is 0.908. The summed E-state index contributed by atoms with van der Waals surface area (Å²) >= 11 is 0. The average molecular weight is 295 g/mol. The highest BCUT2D eigenvalue weighted by Gasteiger charge is 2.18. The Hall–Kier alpha value is -2.15. The number of nitrogens with zero attached hydrogens (tertiary/aromatic N) is 1. The summed E-state index contributed by atoms with van der Waals surface area (Å²) in [5, 5.41) is 2.77. The summed E-state index contributed by atoms with van der Waals surface area (Å²) in [5.41, 5.74) is 1.03. The zero-order chi connectivity index (χ0) is 14.8. The van der Waals surface area contributed by atoms with Crippen LogP contribution in [0.25, 0.3) is 0 Å². The topological polar surface area (TPSA) is 71.1 Å². The van der Waals surface area contributed by atoms with Gasteiger partial charge in [-0.15, -0.1) is 0 Å². The van der Waals surface area contributed by atoms with Crippen molar-refractivity contribution in [1.82, 2.24) is 4.98 Å². The van der Waals surface area contributed by atoms with Crippen LogP contribution in [0.5, 0.6) is 0 Å². The number of sulfonamides is 1. The molecular formula is C13H14FN3O2S. The van der Waals surface area contributed by atoms with E-state index in [0.717, 1.165) is 6.07 Å². The summed E-state index contributed by atoms with van der Waals surface area (Å²) in [6.45, 7) is 1.60. The number of aromatic nitrogens is 1. The van der Waals surface area contributed by atoms with Gasteiger partial charge in [-0.1, -0.05) is 6.07 Å². The first-order valence-electron chi connectivity index (χ1n) is 5.85. The molecule has 0 amide bonds. The first-order chi connectivity index (χ1) is 9.44. The van der Waals surface area contributed by atoms with E-state index < -0.39 is 15.8 Å². The molecule has 2 N–H and O–H groups in total. The zero-order valence-corrected chi connectivity index (χ0v) is 11.8. The van der Waals surface area contributed by atoms with E-state index in [0.29, 0.717) is 11.3 Å². The Kier molecular flexibility index (Phi) is 3.89. The Morgan fingerprint density at radius 3 is 2.65 bits per heavy atom. The van der Waals surface area contributed by atoms with E-state index in [1.165, 1.54) is 24.5 Å². The van der Waals surface area contributed by atoms with Crippen molar-refractivity contribution >= 4 is 21.4 Å². The molecule has 106 valence electrons. The maximum atomic E-state index is 13.4. The Bertz CT molecular complexity index is 732. The van der Waals surface area contributed by atoms with Gasteiger partial charge in [0.15, 0.2) is 0 Å². The molecule has 0 aliphatic carbocycles. The van der Waals surface area contributed by atoms with Crippen LogP contribution >= 0.6 is 0 Å². The number of nitrogens with one attached hydrogen (secondary N) is 2. The summed E-state index contributed by atoms with van der Waals surface area (Å²) in [4.78, 5) is 3.80. The summed E-state index contributed by atoms with van der Waals surface area (Å²) < 4.78 is 40.3. The number of anilines is 2. The number of halogens is 1. The van der Waals surface area contributed by atoms with Gasteiger partial charge in [0.05, 0.1) is 11.4 Å². The van der Waals surface area contributed by atoms with Gasteiger partial charge in [0.1, 0.15) is 10.7 Å². The Balaban J connectivity index is 2.38. The molecule has 0 spiro atoms. The van der Waals surface area contributed by atoms with E-state index in [2.05, 4.69) is 15.0 Å². The van der Waals surface area contributed by atoms with Crippen molar-refractivity contribution in [3.8, 4) is 0 Å². The van der Waals surface area contributed by atoms with Gasteiger partial charge < -0.3 is 5.32 Å². The Morgan fingerprint density at radius 2 is 2.00 bits per heavy atom. The average Bonchev–Trinajstić information content (AvgIpc) is 2.42. The molecule has 0 aliphatic heterocycles. The van der Waals surface area contributed by atoms with Gasteiger partial charge in [0, 0.05) is 19.4 Å². The van der Waals surface area contributed by atoms with Crippen LogP contribution in [0.2, 0.25) is 0 Å². The predicted molar refractivity (Wildman–Crippen MR) is 75.7 cm³/mol. The molecule has 1 aromatic heterocycles. The number of aryl methyl sites for hydroxylation is 1. The molecular weight excluding hydrogens is 281 g/mol. The van der Waals surface area contributed by atoms with Crippen molar-refractivity contribution in [2.45, 2.75) is 11.8 Å². The lowest BCUT2D eigenvalue weighted by molar-refractivity contribution is 0.601. The second-order valence-corrected chi connectivity index (χ2v) is 5.84. The van der Waals surface area contributed by atoms with Gasteiger partial charge in [-0.2, -0.15) is 0 Å². The standard InChI is InChI=1S/C13H14FN3O2S/c1-9-3-4-10(7-11(9)14)17-20(18,19)13-8-16-6-5-12(13)15-2/h3-8,17H,1-2H3,(H,15,16). The lowest BCUT2D eigenvalue weighted by atomic mass is 10.2. The smallest absolute Gasteiger partial charge is 0.265 e. The van der Waals surface area contributed by atoms with Crippen LogP contribution in [0, 0.1) is 12.7 Å². The van der Waals surface area contributed by atoms with Gasteiger partial charge >= 0.3 is 0 Å². The molecule has 7 heteroatoms. The van der Waals surface area contributed by atoms with E-state index in [-0.39, 0.29) is 10.6 Å². The van der Waals surface area contributed by atoms with Gasteiger partial charge in [0.2, 0.25) is 0 Å². The highest BCUT2D eigenvalue weighted by atomic mass is 32.2. The van der Waals surface area contributed by atoms with Crippen molar-refractivity contribution in [2.75, 3.05) is 17.1 Å². The van der Waals surface area contributed by atoms with E-state index >= 15 is 0 Å². The Morgan fingerprint density at radius 1 is 1.25 bits per heavy atom. The highest BCUT2D eigenvalue weighted by Crippen LogP contribution is 2.23. The first-order valence-corrected chi connectivity index (χ1v) is 7.33. The van der Waals surface area contributed by atoms with Crippen LogP contribution in [-0.4, -0.2) is 20.4 Å². The van der Waals surface area contributed by atoms with Crippen molar-refractivity contribution in [3.05, 3.63) is 48.0 Å². The molecule has 0 aliphatic rings. The minimum Gasteiger partial charge on any atom is -0.387 e. The minimum atomic E-state index is -3.83. The van der Waals surface area contributed by atoms with Crippen molar-refractivity contribution in [2.24, 2.45) is 0 Å². The van der Waals surface area contributed by atoms with Crippen molar-refractivity contribution in [3.63, 3.8) is 0 Å². The molecule has 0 atom stereocenters. The largest absolute Gasteiger partial charge is 0.387 e. The SMILES string of the molecule is CNc1ccncc1S(=O)(=O)Nc1ccc(C)c(F)c1. The van der Waals surface area contributed by atoms with Crippen molar-refractivity contribution < 1.29 is 12.8 Å². The van der Waals surface area contributed by atoms with Gasteiger partial charge in [0.25, 0.3) is 10.0 Å². The molecule has 2 aromatic rings. The molecule has 0 unspecified atom stereocenters. The molecule has 1 aromatic carbocycles. The van der Waals surface area contributed by atoms with E-state index in [1.54, 1.807) is 20.0 Å². The molecule has 0 fully saturated rings. The molecule has 20 heavy (non-hydrogen) atoms. The van der Waals surface area contributed by atoms with Gasteiger partial charge in [-0.25, -0.2) is 12.8 Å². The zero-order valence-electron chi connectivity index (χ0n) is 11.0. The van der Waals surface area contributed by atoms with Crippen LogP contribution in [0.3, 0.4) is 0 Å². The minimum absolute atomic E-state index is 0.00323. The number of pyridine rings is 1. The Labute approximate surface area is 116 Å². The second-order valence-electron chi connectivity index (χ2n) is 4.19. The van der Waals surface area contributed by atoms with Gasteiger partial charge in [-0.3, -0.25) is 9.71 Å². The van der Waals surface area contributed by atoms with Crippen LogP contribution in [0.1, 0.15) is 5.56 Å². The monoisotopic (exact) mass is 295 g/mol. The molecule has 0 bridgehead atoms. The predicted octanol–water partition coefficient (Wildman–Crippen LogP) is 2.37. The number of hydrogen-bond donors (Lipinski definition) is 2. The van der Waals surface area contributed by atoms with E-state index in [9.17, 15) is 12.8 Å². The lowest BCUT2D eigenvalue weighted by Gasteiger charge is -2.11. The summed E-state index contributed by atoms with van der Waals surface area (Å²) in [6.07, 6.45) is 2.72. The maximum absolute atomic E-state index is 13.4. The van der Waals surface area contributed by atoms with Crippen molar-refractivity contribution in [1.29, 1.82) is 0 Å².